The molecule has 2 aromatic carbocycles. The van der Waals surface area contributed by atoms with E-state index in [9.17, 15) is 13.2 Å². The van der Waals surface area contributed by atoms with E-state index in [0.29, 0.717) is 37.7 Å². The van der Waals surface area contributed by atoms with Crippen molar-refractivity contribution in [3.8, 4) is 0 Å². The van der Waals surface area contributed by atoms with Crippen molar-refractivity contribution >= 4 is 33.0 Å². The molecule has 1 fully saturated rings. The molecule has 1 saturated heterocycles. The Morgan fingerprint density at radius 3 is 2.48 bits per heavy atom. The molecule has 0 atom stereocenters. The van der Waals surface area contributed by atoms with Crippen LogP contribution in [0.4, 0.5) is 11.4 Å². The molecule has 2 aliphatic heterocycles. The Balaban J connectivity index is 1.73. The lowest BCUT2D eigenvalue weighted by Crippen LogP contribution is -2.40. The molecular weight excluding hydrogens is 390 g/mol. The lowest BCUT2D eigenvalue weighted by molar-refractivity contribution is -0.112. The summed E-state index contributed by atoms with van der Waals surface area (Å²) in [5, 5.41) is 0. The first-order chi connectivity index (χ1) is 13.9. The van der Waals surface area contributed by atoms with Crippen LogP contribution < -0.4 is 4.90 Å². The number of anilines is 1. The Labute approximate surface area is 170 Å². The fourth-order valence-corrected chi connectivity index (χ4v) is 5.07. The van der Waals surface area contributed by atoms with Gasteiger partial charge in [0.1, 0.15) is 5.71 Å². The minimum absolute atomic E-state index is 0.00983. The normalized spacial score (nSPS) is 19.2. The summed E-state index contributed by atoms with van der Waals surface area (Å²) >= 11 is 0. The summed E-state index contributed by atoms with van der Waals surface area (Å²) in [6.45, 7) is 5.34. The third kappa shape index (κ3) is 3.59. The van der Waals surface area contributed by atoms with Crippen molar-refractivity contribution in [2.45, 2.75) is 24.8 Å². The van der Waals surface area contributed by atoms with Crippen LogP contribution in [0.15, 0.2) is 58.4 Å². The highest BCUT2D eigenvalue weighted by atomic mass is 32.2. The van der Waals surface area contributed by atoms with Gasteiger partial charge in [-0.3, -0.25) is 4.79 Å². The van der Waals surface area contributed by atoms with Crippen LogP contribution in [0.3, 0.4) is 0 Å². The van der Waals surface area contributed by atoms with E-state index in [4.69, 9.17) is 4.74 Å². The van der Waals surface area contributed by atoms with Crippen molar-refractivity contribution in [3.63, 3.8) is 0 Å². The predicted octanol–water partition coefficient (Wildman–Crippen LogP) is 2.58. The molecule has 0 unspecified atom stereocenters. The summed E-state index contributed by atoms with van der Waals surface area (Å²) < 4.78 is 32.5. The van der Waals surface area contributed by atoms with Gasteiger partial charge in [0.25, 0.3) is 5.91 Å². The summed E-state index contributed by atoms with van der Waals surface area (Å²) in [5.74, 6) is -0.178. The van der Waals surface area contributed by atoms with E-state index in [-0.39, 0.29) is 16.8 Å². The second-order valence-electron chi connectivity index (χ2n) is 7.26. The molecule has 0 bridgehead atoms. The number of hydrogen-bond acceptors (Lipinski definition) is 5. The van der Waals surface area contributed by atoms with Crippen molar-refractivity contribution in [2.75, 3.05) is 31.2 Å². The number of nitrogens with zero attached hydrogens (tertiary/aromatic N) is 3. The Morgan fingerprint density at radius 2 is 1.76 bits per heavy atom. The zero-order valence-corrected chi connectivity index (χ0v) is 17.2. The lowest BCUT2D eigenvalue weighted by Gasteiger charge is -2.26. The van der Waals surface area contributed by atoms with Crippen LogP contribution in [0, 0.1) is 0 Å². The number of carbonyl (C=O) groups excluding carboxylic acids is 1. The zero-order valence-electron chi connectivity index (χ0n) is 16.4. The van der Waals surface area contributed by atoms with E-state index in [1.807, 2.05) is 38.1 Å². The molecular formula is C21H23N3O4S. The maximum atomic E-state index is 13.0. The molecule has 152 valence electrons. The Bertz CT molecular complexity index is 1070. The number of sulfonamides is 1. The van der Waals surface area contributed by atoms with E-state index < -0.39 is 10.0 Å². The lowest BCUT2D eigenvalue weighted by atomic mass is 10.1. The van der Waals surface area contributed by atoms with E-state index in [1.54, 1.807) is 23.1 Å². The fourth-order valence-electron chi connectivity index (χ4n) is 3.62. The number of benzene rings is 2. The molecule has 2 aliphatic rings. The van der Waals surface area contributed by atoms with Crippen LogP contribution in [0.5, 0.6) is 0 Å². The molecule has 0 aromatic heterocycles. The zero-order chi connectivity index (χ0) is 20.6. The van der Waals surface area contributed by atoms with Crippen LogP contribution in [0.2, 0.25) is 0 Å². The first kappa shape index (κ1) is 19.8. The van der Waals surface area contributed by atoms with Crippen LogP contribution in [0.25, 0.3) is 0 Å². The van der Waals surface area contributed by atoms with Gasteiger partial charge in [0.15, 0.2) is 0 Å². The maximum Gasteiger partial charge on any atom is 0.277 e. The van der Waals surface area contributed by atoms with Gasteiger partial charge in [-0.2, -0.15) is 4.31 Å². The molecule has 29 heavy (non-hydrogen) atoms. The van der Waals surface area contributed by atoms with E-state index >= 15 is 0 Å². The van der Waals surface area contributed by atoms with Gasteiger partial charge in [0, 0.05) is 24.7 Å². The summed E-state index contributed by atoms with van der Waals surface area (Å²) in [6, 6.07) is 13.9. The second kappa shape index (κ2) is 7.70. The number of fused-ring (bicyclic) bond motifs is 1. The second-order valence-corrected chi connectivity index (χ2v) is 9.20. The van der Waals surface area contributed by atoms with Crippen molar-refractivity contribution in [1.29, 1.82) is 0 Å². The first-order valence-electron chi connectivity index (χ1n) is 9.59. The van der Waals surface area contributed by atoms with Gasteiger partial charge < -0.3 is 9.64 Å². The van der Waals surface area contributed by atoms with Gasteiger partial charge in [-0.05, 0) is 38.1 Å². The van der Waals surface area contributed by atoms with Gasteiger partial charge in [-0.25, -0.2) is 13.4 Å². The topological polar surface area (TPSA) is 79.3 Å². The first-order valence-corrected chi connectivity index (χ1v) is 11.0. The number of carbonyl (C=O) groups is 1. The molecule has 0 saturated carbocycles. The molecule has 7 nitrogen and oxygen atoms in total. The number of ether oxygens (including phenoxy) is 1. The average molecular weight is 413 g/mol. The van der Waals surface area contributed by atoms with Crippen molar-refractivity contribution in [1.82, 2.24) is 4.31 Å². The van der Waals surface area contributed by atoms with Crippen molar-refractivity contribution in [3.05, 3.63) is 54.1 Å². The SMILES string of the molecule is CC(C)N1C(=O)C(=Nc2cccc(S(=O)(=O)N3CCOCC3)c2)c2ccccc21. The highest BCUT2D eigenvalue weighted by Crippen LogP contribution is 2.32. The highest BCUT2D eigenvalue weighted by Gasteiger charge is 2.35. The number of morpholine rings is 1. The summed E-state index contributed by atoms with van der Waals surface area (Å²) in [5.41, 5.74) is 2.34. The molecule has 0 radical (unpaired) electrons. The molecule has 4 rings (SSSR count). The van der Waals surface area contributed by atoms with E-state index in [0.717, 1.165) is 11.3 Å². The van der Waals surface area contributed by atoms with Gasteiger partial charge in [0.05, 0.1) is 29.5 Å². The summed E-state index contributed by atoms with van der Waals surface area (Å²) in [4.78, 5) is 19.4. The van der Waals surface area contributed by atoms with Gasteiger partial charge >= 0.3 is 0 Å². The smallest absolute Gasteiger partial charge is 0.277 e. The van der Waals surface area contributed by atoms with Crippen LogP contribution in [-0.2, 0) is 19.6 Å². The predicted molar refractivity (Wildman–Crippen MR) is 111 cm³/mol. The molecule has 8 heteroatoms. The number of amides is 1. The Hall–Kier alpha value is -2.55. The van der Waals surface area contributed by atoms with Crippen molar-refractivity contribution < 1.29 is 17.9 Å². The van der Waals surface area contributed by atoms with Crippen LogP contribution >= 0.6 is 0 Å². The fraction of sp³-hybridized carbons (Fsp3) is 0.333. The monoisotopic (exact) mass is 413 g/mol. The molecule has 0 N–H and O–H groups in total. The van der Waals surface area contributed by atoms with E-state index in [1.165, 1.54) is 10.4 Å². The number of para-hydroxylation sites is 1. The standard InChI is InChI=1S/C21H23N3O4S/c1-15(2)24-19-9-4-3-8-18(19)20(21(24)25)22-16-6-5-7-17(14-16)29(26,27)23-10-12-28-13-11-23/h3-9,14-15H,10-13H2,1-2H3. The van der Waals surface area contributed by atoms with Gasteiger partial charge in [0.2, 0.25) is 10.0 Å². The number of hydrogen-bond donors (Lipinski definition) is 0. The van der Waals surface area contributed by atoms with Crippen molar-refractivity contribution in [2.24, 2.45) is 4.99 Å². The largest absolute Gasteiger partial charge is 0.379 e. The Kier molecular flexibility index (Phi) is 5.24. The average Bonchev–Trinajstić information content (AvgIpc) is 3.00. The molecule has 2 aromatic rings. The third-order valence-corrected chi connectivity index (χ3v) is 6.92. The van der Waals surface area contributed by atoms with Crippen LogP contribution in [0.1, 0.15) is 19.4 Å². The maximum absolute atomic E-state index is 13.0. The third-order valence-electron chi connectivity index (χ3n) is 5.02. The van der Waals surface area contributed by atoms with Gasteiger partial charge in [-0.1, -0.05) is 24.3 Å². The molecule has 0 aliphatic carbocycles. The minimum atomic E-state index is -3.63. The summed E-state index contributed by atoms with van der Waals surface area (Å²) in [6.07, 6.45) is 0. The van der Waals surface area contributed by atoms with Gasteiger partial charge in [-0.15, -0.1) is 0 Å². The van der Waals surface area contributed by atoms with E-state index in [2.05, 4.69) is 4.99 Å². The molecule has 2 heterocycles. The Morgan fingerprint density at radius 1 is 1.03 bits per heavy atom. The number of rotatable bonds is 4. The quantitative estimate of drug-likeness (QED) is 0.772. The molecule has 1 amide bonds. The minimum Gasteiger partial charge on any atom is -0.379 e. The van der Waals surface area contributed by atoms with Crippen LogP contribution in [-0.4, -0.2) is 56.7 Å². The number of aliphatic imine (C=N–C) groups is 1. The highest BCUT2D eigenvalue weighted by molar-refractivity contribution is 7.89. The molecule has 0 spiro atoms. The summed E-state index contributed by atoms with van der Waals surface area (Å²) in [7, 11) is -3.63.